The molecule has 3 aromatic carbocycles. The van der Waals surface area contributed by atoms with Gasteiger partial charge in [-0.15, -0.1) is 5.26 Å². The maximum absolute atomic E-state index is 12.6. The number of ketones is 1. The molecule has 10 heteroatoms. The van der Waals surface area contributed by atoms with Gasteiger partial charge < -0.3 is 14.1 Å². The first-order valence-corrected chi connectivity index (χ1v) is 12.3. The van der Waals surface area contributed by atoms with Crippen LogP contribution in [0.5, 0.6) is 5.88 Å². The van der Waals surface area contributed by atoms with Gasteiger partial charge in [0.1, 0.15) is 11.5 Å². The lowest BCUT2D eigenvalue weighted by Crippen LogP contribution is -2.22. The van der Waals surface area contributed by atoms with E-state index in [4.69, 9.17) is 10.00 Å². The summed E-state index contributed by atoms with van der Waals surface area (Å²) in [7, 11) is -2.59. The molecular formula is C26H22N4O5S. The molecule has 182 valence electrons. The number of nitriles is 1. The van der Waals surface area contributed by atoms with Crippen molar-refractivity contribution in [3.63, 3.8) is 0 Å². The van der Waals surface area contributed by atoms with Crippen LogP contribution in [0, 0.1) is 11.5 Å². The maximum atomic E-state index is 12.6. The van der Waals surface area contributed by atoms with Crippen molar-refractivity contribution in [3.05, 3.63) is 90.1 Å². The van der Waals surface area contributed by atoms with E-state index < -0.39 is 10.0 Å². The van der Waals surface area contributed by atoms with E-state index in [1.807, 2.05) is 47.0 Å². The maximum Gasteiger partial charge on any atom is 0.308 e. The average Bonchev–Trinajstić information content (AvgIpc) is 3.27. The summed E-state index contributed by atoms with van der Waals surface area (Å²) >= 11 is 0. The Labute approximate surface area is 208 Å². The molecule has 0 aliphatic rings. The Morgan fingerprint density at radius 1 is 1.00 bits per heavy atom. The predicted molar refractivity (Wildman–Crippen MR) is 132 cm³/mol. The summed E-state index contributed by atoms with van der Waals surface area (Å²) in [6, 6.07) is 23.2. The van der Waals surface area contributed by atoms with E-state index >= 15 is 0 Å². The molecule has 0 amide bonds. The smallest absolute Gasteiger partial charge is 0.308 e. The van der Waals surface area contributed by atoms with Crippen molar-refractivity contribution in [2.75, 3.05) is 7.11 Å². The summed E-state index contributed by atoms with van der Waals surface area (Å²) in [5.41, 5.74) is 3.16. The summed E-state index contributed by atoms with van der Waals surface area (Å²) in [5, 5.41) is 8.54. The van der Waals surface area contributed by atoms with Crippen LogP contribution in [0.3, 0.4) is 0 Å². The third-order valence-electron chi connectivity index (χ3n) is 5.47. The molecule has 0 aliphatic carbocycles. The summed E-state index contributed by atoms with van der Waals surface area (Å²) in [5.74, 6) is 0.676. The third kappa shape index (κ3) is 4.98. The Morgan fingerprint density at radius 3 is 2.31 bits per heavy atom. The molecule has 1 aromatic heterocycles. The molecule has 0 radical (unpaired) electrons. The van der Waals surface area contributed by atoms with Gasteiger partial charge in [0.25, 0.3) is 10.0 Å². The van der Waals surface area contributed by atoms with Crippen molar-refractivity contribution in [2.45, 2.75) is 18.4 Å². The Kier molecular flexibility index (Phi) is 7.15. The molecule has 0 atom stereocenters. The highest BCUT2D eigenvalue weighted by Gasteiger charge is 2.23. The van der Waals surface area contributed by atoms with E-state index in [0.29, 0.717) is 29.2 Å². The predicted octanol–water partition coefficient (Wildman–Crippen LogP) is 4.17. The molecule has 0 aliphatic heterocycles. The van der Waals surface area contributed by atoms with Crippen LogP contribution < -0.4 is 9.62 Å². The van der Waals surface area contributed by atoms with Gasteiger partial charge in [-0.2, -0.15) is 4.98 Å². The second kappa shape index (κ2) is 10.4. The highest BCUT2D eigenvalue weighted by atomic mass is 32.2. The minimum absolute atomic E-state index is 0.0300. The van der Waals surface area contributed by atoms with Crippen LogP contribution in [0.15, 0.2) is 83.8 Å². The lowest BCUT2D eigenvalue weighted by atomic mass is 10.0. The summed E-state index contributed by atoms with van der Waals surface area (Å²) < 4.78 is 32.3. The van der Waals surface area contributed by atoms with Gasteiger partial charge in [-0.3, -0.25) is 4.79 Å². The minimum atomic E-state index is -4.07. The largest absolute Gasteiger partial charge is 0.479 e. The van der Waals surface area contributed by atoms with Gasteiger partial charge in [0, 0.05) is 24.6 Å². The van der Waals surface area contributed by atoms with Crippen molar-refractivity contribution >= 4 is 15.8 Å². The van der Waals surface area contributed by atoms with Crippen LogP contribution >= 0.6 is 0 Å². The number of carbonyl (C=O) groups is 1. The number of Topliss-reactive ketones (excluding diaryl/α,β-unsaturated/α-hetero) is 1. The van der Waals surface area contributed by atoms with Crippen LogP contribution in [-0.4, -0.2) is 30.9 Å². The van der Waals surface area contributed by atoms with Crippen molar-refractivity contribution in [3.8, 4) is 34.7 Å². The monoisotopic (exact) mass is 502 g/mol. The van der Waals surface area contributed by atoms with Gasteiger partial charge in [-0.05, 0) is 22.1 Å². The quantitative estimate of drug-likeness (QED) is 0.207. The normalized spacial score (nSPS) is 11.0. The Balaban J connectivity index is 1.72. The summed E-state index contributed by atoms with van der Waals surface area (Å²) in [4.78, 5) is 23.0. The first kappa shape index (κ1) is 24.7. The number of imidazole rings is 1. The van der Waals surface area contributed by atoms with Crippen LogP contribution in [0.25, 0.3) is 22.5 Å². The van der Waals surface area contributed by atoms with E-state index in [2.05, 4.69) is 9.82 Å². The Bertz CT molecular complexity index is 1540. The number of nitrogens with zero attached hydrogens (tertiary/aromatic N) is 3. The molecule has 0 unspecified atom stereocenters. The van der Waals surface area contributed by atoms with Crippen molar-refractivity contribution in [2.24, 2.45) is 0 Å². The second-order valence-electron chi connectivity index (χ2n) is 7.77. The number of nitrogens with one attached hydrogen (secondary N) is 1. The van der Waals surface area contributed by atoms with E-state index in [1.54, 1.807) is 35.2 Å². The Morgan fingerprint density at radius 2 is 1.67 bits per heavy atom. The standard InChI is InChI=1S/C26H22N4O5S/c1-18(31)24-26(34-2)28-25(21-8-4-3-5-9-21)30(24)16-19-12-14-20(15-13-19)22-10-6-7-11-23(22)36(32,33)29-35-17-27/h3-15,29H,16H2,1-2H3. The molecule has 36 heavy (non-hydrogen) atoms. The summed E-state index contributed by atoms with van der Waals surface area (Å²) in [6.45, 7) is 1.81. The molecule has 9 nitrogen and oxygen atoms in total. The average molecular weight is 503 g/mol. The van der Waals surface area contributed by atoms with Crippen LogP contribution in [0.2, 0.25) is 0 Å². The van der Waals surface area contributed by atoms with E-state index in [1.165, 1.54) is 26.4 Å². The molecule has 0 spiro atoms. The number of carbonyl (C=O) groups excluding carboxylic acids is 1. The first-order chi connectivity index (χ1) is 17.4. The third-order valence-corrected chi connectivity index (χ3v) is 6.71. The molecular weight excluding hydrogens is 480 g/mol. The number of sulfonamides is 1. The van der Waals surface area contributed by atoms with Crippen molar-refractivity contribution in [1.82, 2.24) is 14.4 Å². The van der Waals surface area contributed by atoms with Crippen LogP contribution in [0.1, 0.15) is 23.0 Å². The zero-order valence-corrected chi connectivity index (χ0v) is 20.3. The number of methoxy groups -OCH3 is 1. The van der Waals surface area contributed by atoms with Gasteiger partial charge in [0.05, 0.1) is 12.0 Å². The van der Waals surface area contributed by atoms with Crippen molar-refractivity contribution < 1.29 is 22.8 Å². The van der Waals surface area contributed by atoms with E-state index in [0.717, 1.165) is 11.1 Å². The molecule has 0 fully saturated rings. The topological polar surface area (TPSA) is 123 Å². The van der Waals surface area contributed by atoms with Crippen LogP contribution in [-0.2, 0) is 21.4 Å². The molecule has 1 heterocycles. The molecule has 1 N–H and O–H groups in total. The zero-order valence-electron chi connectivity index (χ0n) is 19.5. The van der Waals surface area contributed by atoms with Gasteiger partial charge in [0.2, 0.25) is 5.88 Å². The summed E-state index contributed by atoms with van der Waals surface area (Å²) in [6.07, 6.45) is 1.29. The van der Waals surface area contributed by atoms with E-state index in [-0.39, 0.29) is 16.6 Å². The lowest BCUT2D eigenvalue weighted by Gasteiger charge is -2.13. The fourth-order valence-electron chi connectivity index (χ4n) is 3.91. The minimum Gasteiger partial charge on any atom is -0.479 e. The fraction of sp³-hybridized carbons (Fsp3) is 0.115. The van der Waals surface area contributed by atoms with Gasteiger partial charge in [0.15, 0.2) is 5.78 Å². The molecule has 0 saturated carbocycles. The van der Waals surface area contributed by atoms with Gasteiger partial charge in [-0.1, -0.05) is 72.8 Å². The second-order valence-corrected chi connectivity index (χ2v) is 9.39. The number of aromatic nitrogens is 2. The molecule has 0 bridgehead atoms. The lowest BCUT2D eigenvalue weighted by molar-refractivity contribution is 0.100. The molecule has 0 saturated heterocycles. The SMILES string of the molecule is COc1nc(-c2ccccc2)n(Cc2ccc(-c3ccccc3S(=O)(=O)NOC#N)cc2)c1C(C)=O. The van der Waals surface area contributed by atoms with Crippen molar-refractivity contribution in [1.29, 1.82) is 5.26 Å². The highest BCUT2D eigenvalue weighted by molar-refractivity contribution is 7.89. The van der Waals surface area contributed by atoms with E-state index in [9.17, 15) is 13.2 Å². The van der Waals surface area contributed by atoms with Gasteiger partial charge >= 0.3 is 6.26 Å². The fourth-order valence-corrected chi connectivity index (χ4v) is 4.88. The number of rotatable bonds is 9. The molecule has 4 rings (SSSR count). The first-order valence-electron chi connectivity index (χ1n) is 10.8. The van der Waals surface area contributed by atoms with Crippen LogP contribution in [0.4, 0.5) is 0 Å². The number of hydrogen-bond acceptors (Lipinski definition) is 7. The highest BCUT2D eigenvalue weighted by Crippen LogP contribution is 2.30. The number of hydrogen-bond donors (Lipinski definition) is 1. The van der Waals surface area contributed by atoms with Gasteiger partial charge in [-0.25, -0.2) is 8.42 Å². The number of benzene rings is 3. The Hall–Kier alpha value is -4.46. The zero-order chi connectivity index (χ0) is 25.7. The molecule has 4 aromatic rings. The number of ether oxygens (including phenoxy) is 1.